The number of hydrogen-bond donors (Lipinski definition) is 2. The summed E-state index contributed by atoms with van der Waals surface area (Å²) in [6.07, 6.45) is -0.372. The Bertz CT molecular complexity index is 298. The van der Waals surface area contributed by atoms with E-state index in [0.717, 1.165) is 11.3 Å². The molecule has 0 aromatic heterocycles. The number of nitrogens with two attached hydrogens (primary N) is 1. The van der Waals surface area contributed by atoms with Gasteiger partial charge in [0.1, 0.15) is 5.75 Å². The average molecular weight is 246 g/mol. The Morgan fingerprint density at radius 3 is 2.00 bits per heavy atom. The molecule has 0 saturated heterocycles. The number of ether oxygens (including phenoxy) is 1. The van der Waals surface area contributed by atoms with Gasteiger partial charge in [-0.3, -0.25) is 0 Å². The summed E-state index contributed by atoms with van der Waals surface area (Å²) in [6, 6.07) is 7.18. The van der Waals surface area contributed by atoms with Gasteiger partial charge in [-0.15, -0.1) is 12.4 Å². The van der Waals surface area contributed by atoms with Gasteiger partial charge in [0.25, 0.3) is 0 Å². The summed E-state index contributed by atoms with van der Waals surface area (Å²) in [7, 11) is 0. The van der Waals surface area contributed by atoms with Gasteiger partial charge < -0.3 is 15.6 Å². The minimum absolute atomic E-state index is 0. The van der Waals surface area contributed by atoms with Gasteiger partial charge in [-0.05, 0) is 38.5 Å². The van der Waals surface area contributed by atoms with Crippen molar-refractivity contribution < 1.29 is 9.84 Å². The molecule has 0 saturated carbocycles. The Morgan fingerprint density at radius 1 is 1.12 bits per heavy atom. The highest BCUT2D eigenvalue weighted by molar-refractivity contribution is 5.85. The Kier molecular flexibility index (Phi) is 6.41. The first-order valence-corrected chi connectivity index (χ1v) is 5.21. The molecular weight excluding hydrogens is 226 g/mol. The summed E-state index contributed by atoms with van der Waals surface area (Å²) in [5.41, 5.74) is 6.72. The number of hydrogen-bond acceptors (Lipinski definition) is 3. The van der Waals surface area contributed by atoms with Crippen LogP contribution in [-0.4, -0.2) is 17.3 Å². The topological polar surface area (TPSA) is 55.5 Å². The lowest BCUT2D eigenvalue weighted by atomic mass is 10.0. The second-order valence-electron chi connectivity index (χ2n) is 4.00. The second-order valence-corrected chi connectivity index (χ2v) is 4.00. The number of halogens is 1. The van der Waals surface area contributed by atoms with Crippen LogP contribution in [0.2, 0.25) is 0 Å². The molecule has 16 heavy (non-hydrogen) atoms. The van der Waals surface area contributed by atoms with Crippen molar-refractivity contribution in [2.45, 2.75) is 39.0 Å². The number of aliphatic hydroxyl groups excluding tert-OH is 1. The van der Waals surface area contributed by atoms with Crippen LogP contribution in [0.25, 0.3) is 0 Å². The van der Waals surface area contributed by atoms with Crippen molar-refractivity contribution in [3.63, 3.8) is 0 Å². The lowest BCUT2D eigenvalue weighted by Crippen LogP contribution is -2.23. The fourth-order valence-corrected chi connectivity index (χ4v) is 1.32. The highest BCUT2D eigenvalue weighted by Crippen LogP contribution is 2.19. The second kappa shape index (κ2) is 6.74. The van der Waals surface area contributed by atoms with Crippen LogP contribution in [0.3, 0.4) is 0 Å². The van der Waals surface area contributed by atoms with Gasteiger partial charge in [0, 0.05) is 0 Å². The Morgan fingerprint density at radius 2 is 1.62 bits per heavy atom. The molecule has 1 rings (SSSR count). The van der Waals surface area contributed by atoms with Crippen molar-refractivity contribution in [1.29, 1.82) is 0 Å². The van der Waals surface area contributed by atoms with Gasteiger partial charge in [0.15, 0.2) is 0 Å². The summed E-state index contributed by atoms with van der Waals surface area (Å²) >= 11 is 0. The van der Waals surface area contributed by atoms with Crippen LogP contribution in [0.4, 0.5) is 0 Å². The van der Waals surface area contributed by atoms with E-state index in [1.165, 1.54) is 0 Å². The van der Waals surface area contributed by atoms with Crippen LogP contribution in [-0.2, 0) is 0 Å². The first kappa shape index (κ1) is 15.2. The standard InChI is InChI=1S/C12H19NO2.ClH/c1-8(2)15-11-6-4-10(5-7-11)12(13)9(3)14;/h4-9,12,14H,13H2,1-3H3;1H/t9-,12-;/m1./s1. The zero-order valence-corrected chi connectivity index (χ0v) is 10.7. The first-order valence-electron chi connectivity index (χ1n) is 5.21. The Balaban J connectivity index is 0.00000225. The first-order chi connectivity index (χ1) is 7.00. The molecule has 1 aromatic rings. The van der Waals surface area contributed by atoms with Crippen LogP contribution in [0.15, 0.2) is 24.3 Å². The predicted octanol–water partition coefficient (Wildman–Crippen LogP) is 2.28. The zero-order chi connectivity index (χ0) is 11.4. The number of benzene rings is 1. The predicted molar refractivity (Wildman–Crippen MR) is 68.1 cm³/mol. The molecule has 92 valence electrons. The normalized spacial score (nSPS) is 14.1. The van der Waals surface area contributed by atoms with Crippen LogP contribution in [0.1, 0.15) is 32.4 Å². The fraction of sp³-hybridized carbons (Fsp3) is 0.500. The molecule has 0 bridgehead atoms. The maximum Gasteiger partial charge on any atom is 0.119 e. The van der Waals surface area contributed by atoms with Crippen molar-refractivity contribution >= 4 is 12.4 Å². The monoisotopic (exact) mass is 245 g/mol. The van der Waals surface area contributed by atoms with E-state index in [9.17, 15) is 5.11 Å². The van der Waals surface area contributed by atoms with E-state index in [-0.39, 0.29) is 24.6 Å². The highest BCUT2D eigenvalue weighted by Gasteiger charge is 2.11. The smallest absolute Gasteiger partial charge is 0.119 e. The lowest BCUT2D eigenvalue weighted by molar-refractivity contribution is 0.164. The van der Waals surface area contributed by atoms with E-state index < -0.39 is 6.10 Å². The largest absolute Gasteiger partial charge is 0.491 e. The maximum atomic E-state index is 9.33. The Hall–Kier alpha value is -0.770. The molecule has 0 aliphatic carbocycles. The summed E-state index contributed by atoms with van der Waals surface area (Å²) in [5.74, 6) is 0.826. The molecular formula is C12H20ClNO2. The third kappa shape index (κ3) is 4.39. The van der Waals surface area contributed by atoms with Gasteiger partial charge in [0.2, 0.25) is 0 Å². The number of aliphatic hydroxyl groups is 1. The molecule has 0 heterocycles. The van der Waals surface area contributed by atoms with Gasteiger partial charge in [0.05, 0.1) is 18.2 Å². The van der Waals surface area contributed by atoms with Crippen molar-refractivity contribution in [2.75, 3.05) is 0 Å². The van der Waals surface area contributed by atoms with Crippen LogP contribution >= 0.6 is 12.4 Å². The van der Waals surface area contributed by atoms with Gasteiger partial charge in [-0.25, -0.2) is 0 Å². The van der Waals surface area contributed by atoms with Crippen LogP contribution < -0.4 is 10.5 Å². The molecule has 3 N–H and O–H groups in total. The molecule has 0 amide bonds. The number of rotatable bonds is 4. The van der Waals surface area contributed by atoms with Crippen molar-refractivity contribution in [2.24, 2.45) is 5.73 Å². The van der Waals surface area contributed by atoms with Crippen LogP contribution in [0, 0.1) is 0 Å². The van der Waals surface area contributed by atoms with Gasteiger partial charge in [-0.2, -0.15) is 0 Å². The summed E-state index contributed by atoms with van der Waals surface area (Å²) in [4.78, 5) is 0. The summed E-state index contributed by atoms with van der Waals surface area (Å²) < 4.78 is 5.51. The fourth-order valence-electron chi connectivity index (χ4n) is 1.32. The molecule has 0 spiro atoms. The third-order valence-electron chi connectivity index (χ3n) is 2.16. The minimum atomic E-state index is -0.540. The third-order valence-corrected chi connectivity index (χ3v) is 2.16. The van der Waals surface area contributed by atoms with E-state index in [2.05, 4.69) is 0 Å². The van der Waals surface area contributed by atoms with Gasteiger partial charge in [-0.1, -0.05) is 12.1 Å². The highest BCUT2D eigenvalue weighted by atomic mass is 35.5. The van der Waals surface area contributed by atoms with Crippen molar-refractivity contribution in [1.82, 2.24) is 0 Å². The molecule has 0 unspecified atom stereocenters. The SMILES string of the molecule is CC(C)Oc1ccc([C@H](N)[C@@H](C)O)cc1.Cl. The van der Waals surface area contributed by atoms with E-state index in [4.69, 9.17) is 10.5 Å². The minimum Gasteiger partial charge on any atom is -0.491 e. The summed E-state index contributed by atoms with van der Waals surface area (Å²) in [5, 5.41) is 9.33. The molecule has 3 nitrogen and oxygen atoms in total. The van der Waals surface area contributed by atoms with Crippen molar-refractivity contribution in [3.05, 3.63) is 29.8 Å². The summed E-state index contributed by atoms with van der Waals surface area (Å²) in [6.45, 7) is 5.65. The molecule has 0 fully saturated rings. The average Bonchev–Trinajstić information content (AvgIpc) is 2.17. The van der Waals surface area contributed by atoms with E-state index in [1.807, 2.05) is 38.1 Å². The molecule has 0 aliphatic rings. The molecule has 2 atom stereocenters. The molecule has 0 aliphatic heterocycles. The quantitative estimate of drug-likeness (QED) is 0.856. The Labute approximate surface area is 103 Å². The van der Waals surface area contributed by atoms with E-state index >= 15 is 0 Å². The maximum absolute atomic E-state index is 9.33. The zero-order valence-electron chi connectivity index (χ0n) is 9.88. The van der Waals surface area contributed by atoms with Crippen molar-refractivity contribution in [3.8, 4) is 5.75 Å². The molecule has 1 aromatic carbocycles. The molecule has 4 heteroatoms. The van der Waals surface area contributed by atoms with Crippen LogP contribution in [0.5, 0.6) is 5.75 Å². The van der Waals surface area contributed by atoms with E-state index in [1.54, 1.807) is 6.92 Å². The lowest BCUT2D eigenvalue weighted by Gasteiger charge is -2.16. The van der Waals surface area contributed by atoms with E-state index in [0.29, 0.717) is 0 Å². The molecule has 0 radical (unpaired) electrons. The van der Waals surface area contributed by atoms with Gasteiger partial charge >= 0.3 is 0 Å².